The van der Waals surface area contributed by atoms with Crippen molar-refractivity contribution in [3.8, 4) is 0 Å². The summed E-state index contributed by atoms with van der Waals surface area (Å²) in [5, 5.41) is 22.2. The van der Waals surface area contributed by atoms with Gasteiger partial charge in [-0.05, 0) is 63.6 Å². The molecule has 1 saturated heterocycles. The predicted molar refractivity (Wildman–Crippen MR) is 108 cm³/mol. The molecule has 3 rings (SSSR count). The maximum absolute atomic E-state index is 10.8. The lowest BCUT2D eigenvalue weighted by Crippen LogP contribution is -2.45. The molecule has 154 valence electrons. The molecular formula is C20H30N4O4. The minimum Gasteiger partial charge on any atom is -0.465 e. The third-order valence-electron chi connectivity index (χ3n) is 6.23. The molecule has 0 atom stereocenters. The summed E-state index contributed by atoms with van der Waals surface area (Å²) in [6, 6.07) is 7.48. The van der Waals surface area contributed by atoms with Gasteiger partial charge in [0.2, 0.25) is 0 Å². The molecule has 1 aromatic rings. The van der Waals surface area contributed by atoms with E-state index < -0.39 is 6.09 Å². The van der Waals surface area contributed by atoms with Crippen LogP contribution in [0.2, 0.25) is 0 Å². The average Bonchev–Trinajstić information content (AvgIpc) is 2.69. The molecule has 1 saturated carbocycles. The van der Waals surface area contributed by atoms with E-state index in [0.29, 0.717) is 12.0 Å². The number of anilines is 1. The number of hydrogen-bond donors (Lipinski definition) is 2. The Morgan fingerprint density at radius 1 is 1.18 bits per heavy atom. The summed E-state index contributed by atoms with van der Waals surface area (Å²) in [6.45, 7) is 3.03. The summed E-state index contributed by atoms with van der Waals surface area (Å²) < 4.78 is 0. The summed E-state index contributed by atoms with van der Waals surface area (Å²) in [5.41, 5.74) is 1.19. The number of piperidine rings is 1. The van der Waals surface area contributed by atoms with E-state index in [0.717, 1.165) is 63.8 Å². The van der Waals surface area contributed by atoms with E-state index in [1.54, 1.807) is 12.1 Å². The van der Waals surface area contributed by atoms with Crippen LogP contribution >= 0.6 is 0 Å². The molecule has 2 N–H and O–H groups in total. The van der Waals surface area contributed by atoms with Crippen LogP contribution in [0.3, 0.4) is 0 Å². The number of amides is 1. The minimum absolute atomic E-state index is 0.104. The quantitative estimate of drug-likeness (QED) is 0.571. The number of hydrogen-bond acceptors (Lipinski definition) is 5. The molecule has 28 heavy (non-hydrogen) atoms. The summed E-state index contributed by atoms with van der Waals surface area (Å²) >= 11 is 0. The third-order valence-corrected chi connectivity index (χ3v) is 6.23. The Balaban J connectivity index is 1.41. The number of non-ortho nitro benzene ring substituents is 1. The second-order valence-electron chi connectivity index (χ2n) is 8.10. The highest BCUT2D eigenvalue weighted by atomic mass is 16.6. The predicted octanol–water partition coefficient (Wildman–Crippen LogP) is 3.32. The SMILES string of the molecule is CN(CC1CCN(c2ccc([N+](=O)[O-])cc2)CC1)C1CCC(NC(=O)O)CC1. The van der Waals surface area contributed by atoms with Crippen molar-refractivity contribution in [3.05, 3.63) is 34.4 Å². The second kappa shape index (κ2) is 9.23. The zero-order chi connectivity index (χ0) is 20.1. The Labute approximate surface area is 165 Å². The molecule has 0 radical (unpaired) electrons. The Hall–Kier alpha value is -2.35. The molecule has 0 aromatic heterocycles. The van der Waals surface area contributed by atoms with Gasteiger partial charge in [0.25, 0.3) is 5.69 Å². The van der Waals surface area contributed by atoms with Crippen LogP contribution in [-0.2, 0) is 0 Å². The molecule has 1 aliphatic carbocycles. The van der Waals surface area contributed by atoms with E-state index in [4.69, 9.17) is 5.11 Å². The summed E-state index contributed by atoms with van der Waals surface area (Å²) in [6.07, 6.45) is 5.25. The summed E-state index contributed by atoms with van der Waals surface area (Å²) in [4.78, 5) is 26.0. The lowest BCUT2D eigenvalue weighted by molar-refractivity contribution is -0.384. The highest BCUT2D eigenvalue weighted by molar-refractivity contribution is 5.64. The van der Waals surface area contributed by atoms with Gasteiger partial charge in [0.1, 0.15) is 0 Å². The van der Waals surface area contributed by atoms with E-state index in [2.05, 4.69) is 22.2 Å². The molecule has 0 bridgehead atoms. The lowest BCUT2D eigenvalue weighted by Gasteiger charge is -2.39. The zero-order valence-corrected chi connectivity index (χ0v) is 16.4. The monoisotopic (exact) mass is 390 g/mol. The van der Waals surface area contributed by atoms with E-state index in [-0.39, 0.29) is 16.7 Å². The molecule has 1 aliphatic heterocycles. The van der Waals surface area contributed by atoms with Crippen molar-refractivity contribution in [2.75, 3.05) is 31.6 Å². The Bertz CT molecular complexity index is 665. The fraction of sp³-hybridized carbons (Fsp3) is 0.650. The van der Waals surface area contributed by atoms with Crippen molar-refractivity contribution in [2.45, 2.75) is 50.6 Å². The van der Waals surface area contributed by atoms with Gasteiger partial charge in [-0.1, -0.05) is 0 Å². The van der Waals surface area contributed by atoms with Crippen molar-refractivity contribution < 1.29 is 14.8 Å². The molecule has 0 unspecified atom stereocenters. The fourth-order valence-corrected chi connectivity index (χ4v) is 4.55. The van der Waals surface area contributed by atoms with Crippen molar-refractivity contribution in [2.24, 2.45) is 5.92 Å². The first kappa shape index (κ1) is 20.4. The standard InChI is InChI=1S/C20H30N4O4/c1-22(17-4-2-16(3-5-17)21-20(25)26)14-15-10-12-23(13-11-15)18-6-8-19(9-7-18)24(27)28/h6-9,15-17,21H,2-5,10-14H2,1H3,(H,25,26). The van der Waals surface area contributed by atoms with Crippen LogP contribution in [0.15, 0.2) is 24.3 Å². The van der Waals surface area contributed by atoms with Crippen molar-refractivity contribution >= 4 is 17.5 Å². The number of nitrogens with one attached hydrogen (secondary N) is 1. The zero-order valence-electron chi connectivity index (χ0n) is 16.4. The fourth-order valence-electron chi connectivity index (χ4n) is 4.55. The van der Waals surface area contributed by atoms with Crippen LogP contribution in [0.4, 0.5) is 16.2 Å². The number of carbonyl (C=O) groups is 1. The number of rotatable bonds is 6. The maximum Gasteiger partial charge on any atom is 0.404 e. The average molecular weight is 390 g/mol. The van der Waals surface area contributed by atoms with Crippen molar-refractivity contribution in [1.29, 1.82) is 0 Å². The highest BCUT2D eigenvalue weighted by Gasteiger charge is 2.27. The van der Waals surface area contributed by atoms with Gasteiger partial charge in [0.15, 0.2) is 0 Å². The normalized spacial score (nSPS) is 23.6. The van der Waals surface area contributed by atoms with Gasteiger partial charge < -0.3 is 20.2 Å². The topological polar surface area (TPSA) is 99.0 Å². The van der Waals surface area contributed by atoms with E-state index in [1.807, 2.05) is 12.1 Å². The Morgan fingerprint density at radius 3 is 2.32 bits per heavy atom. The summed E-state index contributed by atoms with van der Waals surface area (Å²) in [7, 11) is 2.19. The number of nitro groups is 1. The smallest absolute Gasteiger partial charge is 0.404 e. The van der Waals surface area contributed by atoms with Gasteiger partial charge >= 0.3 is 6.09 Å². The summed E-state index contributed by atoms with van der Waals surface area (Å²) in [5.74, 6) is 0.661. The van der Waals surface area contributed by atoms with Crippen molar-refractivity contribution in [1.82, 2.24) is 10.2 Å². The first-order valence-corrected chi connectivity index (χ1v) is 10.1. The first-order chi connectivity index (χ1) is 13.4. The number of benzene rings is 1. The molecule has 1 heterocycles. The van der Waals surface area contributed by atoms with E-state index in [9.17, 15) is 14.9 Å². The molecule has 0 spiro atoms. The second-order valence-corrected chi connectivity index (χ2v) is 8.10. The third kappa shape index (κ3) is 5.34. The van der Waals surface area contributed by atoms with E-state index >= 15 is 0 Å². The Morgan fingerprint density at radius 2 is 1.79 bits per heavy atom. The largest absolute Gasteiger partial charge is 0.465 e. The van der Waals surface area contributed by atoms with Gasteiger partial charge in [-0.15, -0.1) is 0 Å². The number of nitro benzene ring substituents is 1. The van der Waals surface area contributed by atoms with Crippen LogP contribution in [0.25, 0.3) is 0 Å². The molecule has 8 nitrogen and oxygen atoms in total. The molecular weight excluding hydrogens is 360 g/mol. The van der Waals surface area contributed by atoms with Crippen molar-refractivity contribution in [3.63, 3.8) is 0 Å². The molecule has 1 amide bonds. The van der Waals surface area contributed by atoms with Crippen LogP contribution < -0.4 is 10.2 Å². The maximum atomic E-state index is 10.8. The minimum atomic E-state index is -0.920. The molecule has 8 heteroatoms. The van der Waals surface area contributed by atoms with Crippen LogP contribution in [0.1, 0.15) is 38.5 Å². The highest BCUT2D eigenvalue weighted by Crippen LogP contribution is 2.28. The van der Waals surface area contributed by atoms with Gasteiger partial charge in [0, 0.05) is 49.5 Å². The Kier molecular flexibility index (Phi) is 6.72. The molecule has 2 fully saturated rings. The molecule has 1 aromatic carbocycles. The van der Waals surface area contributed by atoms with Gasteiger partial charge in [0.05, 0.1) is 4.92 Å². The molecule has 2 aliphatic rings. The van der Waals surface area contributed by atoms with Crippen LogP contribution in [-0.4, -0.2) is 59.8 Å². The van der Waals surface area contributed by atoms with E-state index in [1.165, 1.54) is 0 Å². The van der Waals surface area contributed by atoms with Crippen LogP contribution in [0.5, 0.6) is 0 Å². The number of nitrogens with zero attached hydrogens (tertiary/aromatic N) is 3. The lowest BCUT2D eigenvalue weighted by atomic mass is 9.89. The van der Waals surface area contributed by atoms with Gasteiger partial charge in [-0.25, -0.2) is 4.79 Å². The first-order valence-electron chi connectivity index (χ1n) is 10.1. The van der Waals surface area contributed by atoms with Gasteiger partial charge in [-0.2, -0.15) is 0 Å². The van der Waals surface area contributed by atoms with Crippen LogP contribution in [0, 0.1) is 16.0 Å². The number of carboxylic acid groups (broad SMARTS) is 1. The van der Waals surface area contributed by atoms with Gasteiger partial charge in [-0.3, -0.25) is 10.1 Å².